The summed E-state index contributed by atoms with van der Waals surface area (Å²) in [6.45, 7) is 2.59. The summed E-state index contributed by atoms with van der Waals surface area (Å²) in [7, 11) is -3.61. The number of terminal acetylenes is 1. The zero-order valence-corrected chi connectivity index (χ0v) is 20.9. The van der Waals surface area contributed by atoms with Gasteiger partial charge in [-0.25, -0.2) is 8.42 Å². The van der Waals surface area contributed by atoms with E-state index in [9.17, 15) is 13.2 Å². The van der Waals surface area contributed by atoms with Gasteiger partial charge >= 0.3 is 0 Å². The summed E-state index contributed by atoms with van der Waals surface area (Å²) < 4.78 is 30.0. The van der Waals surface area contributed by atoms with Crippen LogP contribution in [0, 0.1) is 12.3 Å². The fourth-order valence-corrected chi connectivity index (χ4v) is 7.12. The quantitative estimate of drug-likeness (QED) is 0.456. The van der Waals surface area contributed by atoms with Crippen molar-refractivity contribution in [2.24, 2.45) is 4.99 Å². The molecule has 1 unspecified atom stereocenters. The molecule has 1 aliphatic heterocycles. The molecule has 3 aromatic rings. The fourth-order valence-electron chi connectivity index (χ4n) is 3.91. The molecule has 10 heteroatoms. The van der Waals surface area contributed by atoms with Crippen molar-refractivity contribution in [2.75, 3.05) is 6.54 Å². The maximum absolute atomic E-state index is 13.0. The average Bonchev–Trinajstić information content (AvgIpc) is 3.14. The normalized spacial score (nSPS) is 17.9. The highest BCUT2D eigenvalue weighted by molar-refractivity contribution is 7.89. The van der Waals surface area contributed by atoms with E-state index in [4.69, 9.17) is 29.6 Å². The molecule has 4 rings (SSSR count). The third kappa shape index (κ3) is 4.61. The first kappa shape index (κ1) is 24.0. The van der Waals surface area contributed by atoms with Crippen molar-refractivity contribution in [1.82, 2.24) is 8.87 Å². The number of aromatic nitrogens is 1. The van der Waals surface area contributed by atoms with Crippen molar-refractivity contribution < 1.29 is 13.2 Å². The van der Waals surface area contributed by atoms with Crippen LogP contribution in [0.1, 0.15) is 36.5 Å². The molecule has 1 fully saturated rings. The van der Waals surface area contributed by atoms with Gasteiger partial charge in [-0.05, 0) is 56.2 Å². The minimum atomic E-state index is -3.61. The highest BCUT2D eigenvalue weighted by atomic mass is 35.5. The number of nitrogens with zero attached hydrogens (tertiary/aromatic N) is 3. The van der Waals surface area contributed by atoms with Crippen molar-refractivity contribution in [3.05, 3.63) is 56.8 Å². The molecule has 0 saturated carbocycles. The summed E-state index contributed by atoms with van der Waals surface area (Å²) in [5.41, 5.74) is 0.894. The zero-order valence-electron chi connectivity index (χ0n) is 17.8. The summed E-state index contributed by atoms with van der Waals surface area (Å²) >= 11 is 13.8. The Hall–Kier alpha value is -2.15. The van der Waals surface area contributed by atoms with Crippen LogP contribution < -0.4 is 4.80 Å². The van der Waals surface area contributed by atoms with Crippen LogP contribution in [-0.4, -0.2) is 35.8 Å². The van der Waals surface area contributed by atoms with Gasteiger partial charge in [-0.2, -0.15) is 9.30 Å². The second-order valence-corrected chi connectivity index (χ2v) is 11.5. The Bertz CT molecular complexity index is 1430. The number of hydrogen-bond donors (Lipinski definition) is 0. The number of piperidine rings is 1. The van der Waals surface area contributed by atoms with E-state index in [0.717, 1.165) is 24.0 Å². The highest BCUT2D eigenvalue weighted by Gasteiger charge is 2.30. The van der Waals surface area contributed by atoms with E-state index < -0.39 is 15.9 Å². The van der Waals surface area contributed by atoms with Crippen molar-refractivity contribution in [2.45, 2.75) is 43.7 Å². The molecule has 0 aliphatic carbocycles. The molecule has 1 atom stereocenters. The maximum atomic E-state index is 13.0. The molecule has 0 bridgehead atoms. The number of halogens is 2. The SMILES string of the molecule is C#CCn1c(=NC(=O)c2ccc(S(=O)(=O)N3CCCCC3C)cc2)sc2ccc(Cl)c(Cl)c21. The van der Waals surface area contributed by atoms with Crippen molar-refractivity contribution in [1.29, 1.82) is 0 Å². The number of sulfonamides is 1. The first-order valence-electron chi connectivity index (χ1n) is 10.4. The van der Waals surface area contributed by atoms with Crippen molar-refractivity contribution in [3.63, 3.8) is 0 Å². The molecule has 1 aromatic heterocycles. The Morgan fingerprint density at radius 2 is 1.94 bits per heavy atom. The Morgan fingerprint density at radius 3 is 2.61 bits per heavy atom. The smallest absolute Gasteiger partial charge is 0.279 e. The second-order valence-electron chi connectivity index (χ2n) is 7.78. The first-order chi connectivity index (χ1) is 15.7. The van der Waals surface area contributed by atoms with Gasteiger partial charge < -0.3 is 4.57 Å². The van der Waals surface area contributed by atoms with Crippen LogP contribution in [0.4, 0.5) is 0 Å². The van der Waals surface area contributed by atoms with E-state index in [1.165, 1.54) is 39.9 Å². The number of benzene rings is 2. The molecular formula is C23H21Cl2N3O3S2. The van der Waals surface area contributed by atoms with Crippen LogP contribution >= 0.6 is 34.5 Å². The van der Waals surface area contributed by atoms with Gasteiger partial charge in [0.25, 0.3) is 5.91 Å². The van der Waals surface area contributed by atoms with Gasteiger partial charge in [0.2, 0.25) is 10.0 Å². The van der Waals surface area contributed by atoms with Crippen LogP contribution in [0.15, 0.2) is 46.3 Å². The standard InChI is InChI=1S/C23H21Cl2N3O3S2/c1-3-13-27-21-19(12-11-18(24)20(21)25)32-23(27)26-22(29)16-7-9-17(10-8-16)33(30,31)28-14-5-4-6-15(28)2/h1,7-12,15H,4-6,13-14H2,2H3. The fraction of sp³-hybridized carbons (Fsp3) is 0.304. The molecule has 33 heavy (non-hydrogen) atoms. The summed E-state index contributed by atoms with van der Waals surface area (Å²) in [4.78, 5) is 17.7. The van der Waals surface area contributed by atoms with Crippen LogP contribution in [-0.2, 0) is 16.6 Å². The summed E-state index contributed by atoms with van der Waals surface area (Å²) in [6, 6.07) is 9.31. The lowest BCUT2D eigenvalue weighted by molar-refractivity contribution is 0.0997. The summed E-state index contributed by atoms with van der Waals surface area (Å²) in [5, 5.41) is 0.724. The van der Waals surface area contributed by atoms with E-state index >= 15 is 0 Å². The predicted molar refractivity (Wildman–Crippen MR) is 132 cm³/mol. The molecule has 2 aromatic carbocycles. The number of carbonyl (C=O) groups excluding carboxylic acids is 1. The predicted octanol–water partition coefficient (Wildman–Crippen LogP) is 4.95. The molecular weight excluding hydrogens is 501 g/mol. The number of thiazole rings is 1. The highest BCUT2D eigenvalue weighted by Crippen LogP contribution is 2.32. The molecule has 2 heterocycles. The molecule has 1 amide bonds. The Balaban J connectivity index is 1.69. The van der Waals surface area contributed by atoms with Crippen LogP contribution in [0.3, 0.4) is 0 Å². The third-order valence-corrected chi connectivity index (χ3v) is 9.50. The van der Waals surface area contributed by atoms with Gasteiger partial charge in [0, 0.05) is 18.2 Å². The van der Waals surface area contributed by atoms with E-state index in [2.05, 4.69) is 10.9 Å². The van der Waals surface area contributed by atoms with Gasteiger partial charge in [0.15, 0.2) is 4.80 Å². The van der Waals surface area contributed by atoms with Gasteiger partial charge in [0.1, 0.15) is 0 Å². The number of hydrogen-bond acceptors (Lipinski definition) is 4. The lowest BCUT2D eigenvalue weighted by Crippen LogP contribution is -2.41. The molecule has 0 radical (unpaired) electrons. The number of rotatable bonds is 4. The minimum absolute atomic E-state index is 0.0417. The van der Waals surface area contributed by atoms with Gasteiger partial charge in [-0.15, -0.1) is 6.42 Å². The molecule has 6 nitrogen and oxygen atoms in total. The Kier molecular flexibility index (Phi) is 6.99. The Morgan fingerprint density at radius 1 is 1.21 bits per heavy atom. The largest absolute Gasteiger partial charge is 0.303 e. The maximum Gasteiger partial charge on any atom is 0.279 e. The van der Waals surface area contributed by atoms with Gasteiger partial charge in [-0.1, -0.05) is 46.9 Å². The van der Waals surface area contributed by atoms with Crippen LogP contribution in [0.25, 0.3) is 10.2 Å². The van der Waals surface area contributed by atoms with Crippen LogP contribution in [0.2, 0.25) is 10.0 Å². The van der Waals surface area contributed by atoms with E-state index in [-0.39, 0.29) is 23.0 Å². The second kappa shape index (κ2) is 9.61. The molecule has 0 spiro atoms. The topological polar surface area (TPSA) is 71.7 Å². The lowest BCUT2D eigenvalue weighted by Gasteiger charge is -2.32. The summed E-state index contributed by atoms with van der Waals surface area (Å²) in [5.74, 6) is 2.04. The number of carbonyl (C=O) groups is 1. The monoisotopic (exact) mass is 521 g/mol. The van der Waals surface area contributed by atoms with E-state index in [1.54, 1.807) is 16.7 Å². The third-order valence-electron chi connectivity index (χ3n) is 5.63. The van der Waals surface area contributed by atoms with E-state index in [1.807, 2.05) is 6.92 Å². The molecule has 0 N–H and O–H groups in total. The van der Waals surface area contributed by atoms with Gasteiger partial charge in [-0.3, -0.25) is 4.79 Å². The molecule has 172 valence electrons. The minimum Gasteiger partial charge on any atom is -0.303 e. The molecule has 1 saturated heterocycles. The Labute approximate surface area is 206 Å². The van der Waals surface area contributed by atoms with Crippen molar-refractivity contribution >= 4 is 60.7 Å². The van der Waals surface area contributed by atoms with Crippen molar-refractivity contribution in [3.8, 4) is 12.3 Å². The zero-order chi connectivity index (χ0) is 23.8. The number of amides is 1. The number of fused-ring (bicyclic) bond motifs is 1. The van der Waals surface area contributed by atoms with Crippen LogP contribution in [0.5, 0.6) is 0 Å². The lowest BCUT2D eigenvalue weighted by atomic mass is 10.1. The molecule has 1 aliphatic rings. The average molecular weight is 522 g/mol. The van der Waals surface area contributed by atoms with E-state index in [0.29, 0.717) is 26.9 Å². The summed E-state index contributed by atoms with van der Waals surface area (Å²) in [6.07, 6.45) is 8.23. The van der Waals surface area contributed by atoms with Gasteiger partial charge in [0.05, 0.1) is 31.7 Å². The first-order valence-corrected chi connectivity index (χ1v) is 13.4.